The Balaban J connectivity index is 2.28. The molecular formula is C14H10F2O3. The van der Waals surface area contributed by atoms with Crippen molar-refractivity contribution in [3.05, 3.63) is 59.2 Å². The molecule has 98 valence electrons. The summed E-state index contributed by atoms with van der Waals surface area (Å²) in [6, 6.07) is 6.30. The fraction of sp³-hybridized carbons (Fsp3) is 0.0714. The average Bonchev–Trinajstić information content (AvgIpc) is 2.30. The average molecular weight is 264 g/mol. The minimum atomic E-state index is -0.775. The summed E-state index contributed by atoms with van der Waals surface area (Å²) in [4.78, 5) is 11.9. The minimum absolute atomic E-state index is 0.0929. The molecule has 0 aliphatic rings. The van der Waals surface area contributed by atoms with Gasteiger partial charge in [-0.05, 0) is 35.9 Å². The number of rotatable bonds is 3. The second-order valence-electron chi connectivity index (χ2n) is 4.08. The highest BCUT2D eigenvalue weighted by molar-refractivity contribution is 6.00. The maximum atomic E-state index is 13.0. The normalized spacial score (nSPS) is 10.4. The molecule has 0 amide bonds. The first-order valence-corrected chi connectivity index (χ1v) is 5.46. The molecule has 2 aromatic carbocycles. The SMILES string of the molecule is O=C(Cc1cc(F)cc(F)c1)c1cc(O)ccc1O. The summed E-state index contributed by atoms with van der Waals surface area (Å²) in [6.45, 7) is 0. The summed E-state index contributed by atoms with van der Waals surface area (Å²) in [5.74, 6) is -2.56. The molecule has 0 bridgehead atoms. The van der Waals surface area contributed by atoms with E-state index in [4.69, 9.17) is 0 Å². The highest BCUT2D eigenvalue weighted by Crippen LogP contribution is 2.23. The first kappa shape index (κ1) is 13.0. The van der Waals surface area contributed by atoms with Gasteiger partial charge in [-0.3, -0.25) is 4.79 Å². The molecule has 2 N–H and O–H groups in total. The van der Waals surface area contributed by atoms with Gasteiger partial charge in [0.15, 0.2) is 5.78 Å². The van der Waals surface area contributed by atoms with Crippen LogP contribution < -0.4 is 0 Å². The molecule has 0 unspecified atom stereocenters. The largest absolute Gasteiger partial charge is 0.508 e. The molecule has 0 radical (unpaired) electrons. The predicted octanol–water partition coefficient (Wildman–Crippen LogP) is 2.80. The van der Waals surface area contributed by atoms with Gasteiger partial charge in [-0.25, -0.2) is 8.78 Å². The Kier molecular flexibility index (Phi) is 3.46. The second kappa shape index (κ2) is 5.06. The van der Waals surface area contributed by atoms with Crippen molar-refractivity contribution in [2.24, 2.45) is 0 Å². The summed E-state index contributed by atoms with van der Waals surface area (Å²) >= 11 is 0. The third kappa shape index (κ3) is 3.07. The van der Waals surface area contributed by atoms with E-state index in [-0.39, 0.29) is 29.0 Å². The van der Waals surface area contributed by atoms with E-state index in [1.807, 2.05) is 0 Å². The van der Waals surface area contributed by atoms with Gasteiger partial charge in [0.2, 0.25) is 0 Å². The Morgan fingerprint density at radius 1 is 1.00 bits per heavy atom. The van der Waals surface area contributed by atoms with Crippen LogP contribution in [0.15, 0.2) is 36.4 Å². The van der Waals surface area contributed by atoms with Crippen LogP contribution >= 0.6 is 0 Å². The minimum Gasteiger partial charge on any atom is -0.508 e. The van der Waals surface area contributed by atoms with Crippen LogP contribution in [-0.2, 0) is 6.42 Å². The maximum Gasteiger partial charge on any atom is 0.171 e. The third-order valence-electron chi connectivity index (χ3n) is 2.57. The van der Waals surface area contributed by atoms with E-state index in [0.717, 1.165) is 18.2 Å². The summed E-state index contributed by atoms with van der Waals surface area (Å²) in [7, 11) is 0. The van der Waals surface area contributed by atoms with Crippen LogP contribution in [0, 0.1) is 11.6 Å². The number of halogens is 2. The number of aromatic hydroxyl groups is 2. The molecule has 2 aromatic rings. The molecule has 19 heavy (non-hydrogen) atoms. The van der Waals surface area contributed by atoms with Crippen molar-refractivity contribution in [3.8, 4) is 11.5 Å². The third-order valence-corrected chi connectivity index (χ3v) is 2.57. The number of Topliss-reactive ketones (excluding diaryl/α,β-unsaturated/α-hetero) is 1. The molecule has 3 nitrogen and oxygen atoms in total. The number of hydrogen-bond acceptors (Lipinski definition) is 3. The van der Waals surface area contributed by atoms with Crippen molar-refractivity contribution in [2.45, 2.75) is 6.42 Å². The number of carbonyl (C=O) groups excluding carboxylic acids is 1. The molecule has 0 saturated carbocycles. The van der Waals surface area contributed by atoms with Gasteiger partial charge >= 0.3 is 0 Å². The summed E-state index contributed by atoms with van der Waals surface area (Å²) in [5.41, 5.74) is 0.0647. The van der Waals surface area contributed by atoms with Crippen LogP contribution in [0.1, 0.15) is 15.9 Å². The van der Waals surface area contributed by atoms with Crippen LogP contribution in [-0.4, -0.2) is 16.0 Å². The van der Waals surface area contributed by atoms with Crippen LogP contribution in [0.4, 0.5) is 8.78 Å². The zero-order chi connectivity index (χ0) is 14.0. The lowest BCUT2D eigenvalue weighted by Gasteiger charge is -2.05. The monoisotopic (exact) mass is 264 g/mol. The lowest BCUT2D eigenvalue weighted by molar-refractivity contribution is 0.0990. The molecule has 0 aromatic heterocycles. The van der Waals surface area contributed by atoms with E-state index < -0.39 is 17.4 Å². The van der Waals surface area contributed by atoms with Crippen LogP contribution in [0.3, 0.4) is 0 Å². The molecule has 0 spiro atoms. The zero-order valence-electron chi connectivity index (χ0n) is 9.73. The first-order valence-electron chi connectivity index (χ1n) is 5.46. The van der Waals surface area contributed by atoms with Crippen molar-refractivity contribution >= 4 is 5.78 Å². The van der Waals surface area contributed by atoms with Gasteiger partial charge in [0.05, 0.1) is 5.56 Å². The first-order chi connectivity index (χ1) is 8.95. The number of ketones is 1. The lowest BCUT2D eigenvalue weighted by atomic mass is 10.0. The maximum absolute atomic E-state index is 13.0. The topological polar surface area (TPSA) is 57.5 Å². The predicted molar refractivity (Wildman–Crippen MR) is 64.2 cm³/mol. The van der Waals surface area contributed by atoms with E-state index >= 15 is 0 Å². The van der Waals surface area contributed by atoms with Gasteiger partial charge < -0.3 is 10.2 Å². The zero-order valence-corrected chi connectivity index (χ0v) is 9.73. The molecule has 0 aliphatic carbocycles. The van der Waals surface area contributed by atoms with Gasteiger partial charge in [-0.15, -0.1) is 0 Å². The van der Waals surface area contributed by atoms with Crippen molar-refractivity contribution in [3.63, 3.8) is 0 Å². The van der Waals surface area contributed by atoms with Crippen molar-refractivity contribution in [2.75, 3.05) is 0 Å². The molecule has 0 fully saturated rings. The summed E-state index contributed by atoms with van der Waals surface area (Å²) in [5, 5.41) is 18.8. The highest BCUT2D eigenvalue weighted by Gasteiger charge is 2.13. The highest BCUT2D eigenvalue weighted by atomic mass is 19.1. The van der Waals surface area contributed by atoms with Crippen molar-refractivity contribution < 1.29 is 23.8 Å². The number of hydrogen-bond donors (Lipinski definition) is 2. The van der Waals surface area contributed by atoms with E-state index in [9.17, 15) is 23.8 Å². The fourth-order valence-corrected chi connectivity index (χ4v) is 1.74. The molecule has 0 atom stereocenters. The standard InChI is InChI=1S/C14H10F2O3/c15-9-3-8(4-10(16)6-9)5-14(19)12-7-11(17)1-2-13(12)18/h1-4,6-7,17-18H,5H2. The van der Waals surface area contributed by atoms with Gasteiger partial charge in [-0.2, -0.15) is 0 Å². The quantitative estimate of drug-likeness (QED) is 0.662. The van der Waals surface area contributed by atoms with Gasteiger partial charge in [0, 0.05) is 12.5 Å². The molecular weight excluding hydrogens is 254 g/mol. The van der Waals surface area contributed by atoms with Crippen LogP contribution in [0.5, 0.6) is 11.5 Å². The van der Waals surface area contributed by atoms with E-state index in [2.05, 4.69) is 0 Å². The Hall–Kier alpha value is -2.43. The van der Waals surface area contributed by atoms with E-state index in [0.29, 0.717) is 6.07 Å². The van der Waals surface area contributed by atoms with E-state index in [1.165, 1.54) is 12.1 Å². The Morgan fingerprint density at radius 3 is 2.26 bits per heavy atom. The van der Waals surface area contributed by atoms with Gasteiger partial charge in [-0.1, -0.05) is 0 Å². The molecule has 0 heterocycles. The summed E-state index contributed by atoms with van der Waals surface area (Å²) in [6.07, 6.45) is -0.272. The van der Waals surface area contributed by atoms with Crippen molar-refractivity contribution in [1.82, 2.24) is 0 Å². The molecule has 5 heteroatoms. The van der Waals surface area contributed by atoms with Gasteiger partial charge in [0.1, 0.15) is 23.1 Å². The Morgan fingerprint density at radius 2 is 1.63 bits per heavy atom. The lowest BCUT2D eigenvalue weighted by Crippen LogP contribution is -2.04. The summed E-state index contributed by atoms with van der Waals surface area (Å²) < 4.78 is 26.0. The molecule has 0 saturated heterocycles. The molecule has 2 rings (SSSR count). The number of phenolic OH excluding ortho intramolecular Hbond substituents is 2. The number of benzene rings is 2. The van der Waals surface area contributed by atoms with Crippen molar-refractivity contribution in [1.29, 1.82) is 0 Å². The Labute approximate surface area is 107 Å². The second-order valence-corrected chi connectivity index (χ2v) is 4.08. The number of carbonyl (C=O) groups is 1. The fourth-order valence-electron chi connectivity index (χ4n) is 1.74. The van der Waals surface area contributed by atoms with Crippen LogP contribution in [0.25, 0.3) is 0 Å². The smallest absolute Gasteiger partial charge is 0.171 e. The van der Waals surface area contributed by atoms with E-state index in [1.54, 1.807) is 0 Å². The number of phenols is 2. The molecule has 0 aliphatic heterocycles. The van der Waals surface area contributed by atoms with Gasteiger partial charge in [0.25, 0.3) is 0 Å². The Bertz CT molecular complexity index is 618. The van der Waals surface area contributed by atoms with Crippen LogP contribution in [0.2, 0.25) is 0 Å².